The van der Waals surface area contributed by atoms with E-state index < -0.39 is 6.10 Å². The molecule has 1 aromatic heterocycles. The standard InChI is InChI=1S/C31H35N3O4/c1-2-36-31(32)29-20-26-27(14-9-15-28(26)38-29)37-22-25(35)21-33-16-18-34(19-17-33)30(23-10-5-3-6-11-23)24-12-7-4-8-13-24/h3-15,20,25,30,32,35H,2,16-19,21-22H2,1H3. The minimum atomic E-state index is -0.621. The van der Waals surface area contributed by atoms with Gasteiger partial charge in [-0.15, -0.1) is 0 Å². The molecule has 0 spiro atoms. The normalized spacial score (nSPS) is 15.6. The van der Waals surface area contributed by atoms with Crippen LogP contribution in [-0.4, -0.2) is 72.8 Å². The Balaban J connectivity index is 1.17. The average Bonchev–Trinajstić information content (AvgIpc) is 3.40. The average molecular weight is 514 g/mol. The highest BCUT2D eigenvalue weighted by Crippen LogP contribution is 2.30. The van der Waals surface area contributed by atoms with Crippen LogP contribution in [0.15, 0.2) is 89.3 Å². The maximum absolute atomic E-state index is 10.8. The van der Waals surface area contributed by atoms with Crippen molar-refractivity contribution in [1.82, 2.24) is 9.80 Å². The molecule has 1 unspecified atom stereocenters. The van der Waals surface area contributed by atoms with Gasteiger partial charge in [0.05, 0.1) is 18.0 Å². The third kappa shape index (κ3) is 6.07. The lowest BCUT2D eigenvalue weighted by molar-refractivity contribution is 0.0404. The summed E-state index contributed by atoms with van der Waals surface area (Å²) < 4.78 is 17.0. The molecule has 5 rings (SSSR count). The number of rotatable bonds is 10. The Morgan fingerprint density at radius 1 is 0.921 bits per heavy atom. The van der Waals surface area contributed by atoms with Crippen molar-refractivity contribution in [3.8, 4) is 5.75 Å². The van der Waals surface area contributed by atoms with Crippen molar-refractivity contribution >= 4 is 16.9 Å². The Hall–Kier alpha value is -3.65. The fraction of sp³-hybridized carbons (Fsp3) is 0.323. The summed E-state index contributed by atoms with van der Waals surface area (Å²) in [6, 6.07) is 28.8. The molecule has 2 N–H and O–H groups in total. The lowest BCUT2D eigenvalue weighted by atomic mass is 9.96. The zero-order valence-electron chi connectivity index (χ0n) is 21.8. The number of aliphatic hydroxyl groups excluding tert-OH is 1. The number of ether oxygens (including phenoxy) is 2. The fourth-order valence-electron chi connectivity index (χ4n) is 5.11. The predicted molar refractivity (Wildman–Crippen MR) is 149 cm³/mol. The van der Waals surface area contributed by atoms with Gasteiger partial charge in [0, 0.05) is 38.8 Å². The number of fused-ring (bicyclic) bond motifs is 1. The third-order valence-electron chi connectivity index (χ3n) is 6.94. The van der Waals surface area contributed by atoms with E-state index in [1.807, 2.05) is 25.1 Å². The smallest absolute Gasteiger partial charge is 0.250 e. The van der Waals surface area contributed by atoms with Gasteiger partial charge in [0.25, 0.3) is 0 Å². The highest BCUT2D eigenvalue weighted by molar-refractivity contribution is 5.96. The van der Waals surface area contributed by atoms with E-state index in [0.717, 1.165) is 31.6 Å². The molecule has 1 fully saturated rings. The lowest BCUT2D eigenvalue weighted by Crippen LogP contribution is -2.50. The van der Waals surface area contributed by atoms with E-state index in [4.69, 9.17) is 19.3 Å². The van der Waals surface area contributed by atoms with Crippen LogP contribution in [0, 0.1) is 5.41 Å². The Bertz CT molecular complexity index is 1280. The number of β-amino-alcohol motifs (C(OH)–C–C–N with tert-alkyl or cyclic N) is 1. The summed E-state index contributed by atoms with van der Waals surface area (Å²) in [5, 5.41) is 19.5. The molecule has 0 saturated carbocycles. The topological polar surface area (TPSA) is 82.2 Å². The van der Waals surface area contributed by atoms with Crippen LogP contribution in [0.1, 0.15) is 29.9 Å². The summed E-state index contributed by atoms with van der Waals surface area (Å²) >= 11 is 0. The highest BCUT2D eigenvalue weighted by atomic mass is 16.5. The van der Waals surface area contributed by atoms with Gasteiger partial charge in [0.2, 0.25) is 5.90 Å². The van der Waals surface area contributed by atoms with Crippen molar-refractivity contribution in [2.75, 3.05) is 45.9 Å². The predicted octanol–water partition coefficient (Wildman–Crippen LogP) is 4.94. The Morgan fingerprint density at radius 2 is 1.58 bits per heavy atom. The first kappa shape index (κ1) is 26.0. The molecule has 3 aromatic carbocycles. The highest BCUT2D eigenvalue weighted by Gasteiger charge is 2.27. The van der Waals surface area contributed by atoms with Gasteiger partial charge in [0.15, 0.2) is 5.76 Å². The first-order chi connectivity index (χ1) is 18.6. The molecule has 2 heterocycles. The molecular weight excluding hydrogens is 478 g/mol. The van der Waals surface area contributed by atoms with Gasteiger partial charge in [-0.3, -0.25) is 15.2 Å². The number of hydrogen-bond donors (Lipinski definition) is 2. The summed E-state index contributed by atoms with van der Waals surface area (Å²) in [6.07, 6.45) is -0.621. The van der Waals surface area contributed by atoms with Crippen LogP contribution >= 0.6 is 0 Å². The van der Waals surface area contributed by atoms with Crippen LogP contribution in [0.2, 0.25) is 0 Å². The van der Waals surface area contributed by atoms with E-state index in [1.165, 1.54) is 11.1 Å². The molecule has 198 valence electrons. The molecule has 0 aliphatic carbocycles. The van der Waals surface area contributed by atoms with Crippen LogP contribution in [0.3, 0.4) is 0 Å². The van der Waals surface area contributed by atoms with Crippen LogP contribution in [-0.2, 0) is 4.74 Å². The first-order valence-corrected chi connectivity index (χ1v) is 13.2. The summed E-state index contributed by atoms with van der Waals surface area (Å²) in [4.78, 5) is 4.83. The van der Waals surface area contributed by atoms with Gasteiger partial charge in [-0.1, -0.05) is 66.7 Å². The maximum atomic E-state index is 10.8. The van der Waals surface area contributed by atoms with Gasteiger partial charge in [-0.05, 0) is 30.2 Å². The van der Waals surface area contributed by atoms with Crippen molar-refractivity contribution in [2.24, 2.45) is 0 Å². The molecule has 1 aliphatic heterocycles. The maximum Gasteiger partial charge on any atom is 0.250 e. The minimum Gasteiger partial charge on any atom is -0.490 e. The Kier molecular flexibility index (Phi) is 8.38. The van der Waals surface area contributed by atoms with Gasteiger partial charge in [-0.25, -0.2) is 0 Å². The first-order valence-electron chi connectivity index (χ1n) is 13.2. The second kappa shape index (κ2) is 12.3. The van der Waals surface area contributed by atoms with Gasteiger partial charge < -0.3 is 19.0 Å². The minimum absolute atomic E-state index is 0.00408. The van der Waals surface area contributed by atoms with Crippen LogP contribution < -0.4 is 4.74 Å². The number of aliphatic hydroxyl groups is 1. The second-order valence-corrected chi connectivity index (χ2v) is 9.57. The van der Waals surface area contributed by atoms with Crippen LogP contribution in [0.25, 0.3) is 11.0 Å². The molecule has 7 nitrogen and oxygen atoms in total. The molecule has 38 heavy (non-hydrogen) atoms. The van der Waals surface area contributed by atoms with E-state index in [0.29, 0.717) is 30.2 Å². The molecule has 4 aromatic rings. The quantitative estimate of drug-likeness (QED) is 0.231. The lowest BCUT2D eigenvalue weighted by Gasteiger charge is -2.40. The summed E-state index contributed by atoms with van der Waals surface area (Å²) in [5.41, 5.74) is 3.22. The van der Waals surface area contributed by atoms with Gasteiger partial charge >= 0.3 is 0 Å². The number of hydrogen-bond acceptors (Lipinski definition) is 7. The molecular formula is C31H35N3O4. The third-order valence-corrected chi connectivity index (χ3v) is 6.94. The molecule has 7 heteroatoms. The largest absolute Gasteiger partial charge is 0.490 e. The number of benzene rings is 3. The SMILES string of the molecule is CCOC(=N)c1cc2c(OCC(O)CN3CCN(C(c4ccccc4)c4ccccc4)CC3)cccc2o1. The van der Waals surface area contributed by atoms with Crippen molar-refractivity contribution in [3.05, 3.63) is 102 Å². The van der Waals surface area contributed by atoms with Crippen LogP contribution in [0.4, 0.5) is 0 Å². The molecule has 1 saturated heterocycles. The molecule has 0 radical (unpaired) electrons. The van der Waals surface area contributed by atoms with E-state index in [-0.39, 0.29) is 18.5 Å². The number of nitrogens with one attached hydrogen (secondary N) is 1. The number of nitrogens with zero attached hydrogens (tertiary/aromatic N) is 2. The number of piperazine rings is 1. The van der Waals surface area contributed by atoms with Crippen LogP contribution in [0.5, 0.6) is 5.75 Å². The van der Waals surface area contributed by atoms with E-state index >= 15 is 0 Å². The second-order valence-electron chi connectivity index (χ2n) is 9.57. The van der Waals surface area contributed by atoms with Crippen molar-refractivity contribution in [2.45, 2.75) is 19.1 Å². The molecule has 1 aliphatic rings. The zero-order valence-corrected chi connectivity index (χ0v) is 21.8. The molecule has 0 amide bonds. The van der Waals surface area contributed by atoms with Crippen molar-refractivity contribution < 1.29 is 19.0 Å². The monoisotopic (exact) mass is 513 g/mol. The summed E-state index contributed by atoms with van der Waals surface area (Å²) in [7, 11) is 0. The Morgan fingerprint density at radius 3 is 2.21 bits per heavy atom. The fourth-order valence-corrected chi connectivity index (χ4v) is 5.11. The van der Waals surface area contributed by atoms with E-state index in [2.05, 4.69) is 70.5 Å². The van der Waals surface area contributed by atoms with E-state index in [9.17, 15) is 5.11 Å². The van der Waals surface area contributed by atoms with Crippen molar-refractivity contribution in [3.63, 3.8) is 0 Å². The molecule has 1 atom stereocenters. The molecule has 0 bridgehead atoms. The zero-order chi connectivity index (χ0) is 26.3. The van der Waals surface area contributed by atoms with Gasteiger partial charge in [-0.2, -0.15) is 0 Å². The van der Waals surface area contributed by atoms with E-state index in [1.54, 1.807) is 6.07 Å². The summed E-state index contributed by atoms with van der Waals surface area (Å²) in [6.45, 7) is 6.57. The van der Waals surface area contributed by atoms with Crippen molar-refractivity contribution in [1.29, 1.82) is 5.41 Å². The number of furan rings is 1. The van der Waals surface area contributed by atoms with Gasteiger partial charge in [0.1, 0.15) is 24.0 Å². The summed E-state index contributed by atoms with van der Waals surface area (Å²) in [5.74, 6) is 0.982. The Labute approximate surface area is 223 Å².